The molecule has 11 heteroatoms. The third-order valence-electron chi connectivity index (χ3n) is 8.49. The van der Waals surface area contributed by atoms with Crippen LogP contribution in [0, 0.1) is 11.8 Å². The average Bonchev–Trinajstić information content (AvgIpc) is 2.90. The van der Waals surface area contributed by atoms with Gasteiger partial charge in [0.2, 0.25) is 0 Å². The monoisotopic (exact) mass is 630 g/mol. The van der Waals surface area contributed by atoms with Gasteiger partial charge in [-0.3, -0.25) is 4.98 Å². The maximum absolute atomic E-state index is 13.6. The van der Waals surface area contributed by atoms with Crippen LogP contribution in [-0.2, 0) is 18.9 Å². The number of quaternary nitrogens is 1. The normalized spacial score (nSPS) is 25.4. The quantitative estimate of drug-likeness (QED) is 0.255. The molecule has 0 amide bonds. The molecule has 0 spiro atoms. The van der Waals surface area contributed by atoms with Crippen molar-refractivity contribution in [3.05, 3.63) is 83.6 Å². The highest BCUT2D eigenvalue weighted by molar-refractivity contribution is 5.83. The summed E-state index contributed by atoms with van der Waals surface area (Å²) in [5, 5.41) is 12.5. The number of pyridine rings is 1. The molecule has 216 valence electrons. The molecule has 0 saturated carbocycles. The highest BCUT2D eigenvalue weighted by Gasteiger charge is 2.54. The van der Waals surface area contributed by atoms with Crippen LogP contribution >= 0.6 is 0 Å². The Hall–Kier alpha value is -2.63. The van der Waals surface area contributed by atoms with Gasteiger partial charge in [0, 0.05) is 35.9 Å². The summed E-state index contributed by atoms with van der Waals surface area (Å²) < 4.78 is 87.2. The van der Waals surface area contributed by atoms with Crippen LogP contribution in [0.3, 0.4) is 0 Å². The molecule has 4 heterocycles. The molecule has 40 heavy (non-hydrogen) atoms. The summed E-state index contributed by atoms with van der Waals surface area (Å²) in [4.78, 5) is 4.37. The number of alkyl halides is 6. The number of piperidine rings is 3. The zero-order valence-electron chi connectivity index (χ0n) is 21.6. The van der Waals surface area contributed by atoms with E-state index in [4.69, 9.17) is 4.74 Å². The topological polar surface area (TPSA) is 42.4 Å². The van der Waals surface area contributed by atoms with Gasteiger partial charge in [-0.1, -0.05) is 6.08 Å². The van der Waals surface area contributed by atoms with Crippen LogP contribution in [0.4, 0.5) is 26.3 Å². The second-order valence-corrected chi connectivity index (χ2v) is 10.7. The minimum atomic E-state index is -4.93. The number of methoxy groups -OCH3 is 1. The van der Waals surface area contributed by atoms with Gasteiger partial charge in [-0.25, -0.2) is 0 Å². The van der Waals surface area contributed by atoms with E-state index in [-0.39, 0.29) is 51.5 Å². The lowest BCUT2D eigenvalue weighted by Gasteiger charge is -2.58. The molecule has 4 nitrogen and oxygen atoms in total. The number of halogens is 7. The number of hydrogen-bond donors (Lipinski definition) is 1. The zero-order valence-corrected chi connectivity index (χ0v) is 23.2. The molecule has 0 radical (unpaired) electrons. The molecule has 0 aliphatic carbocycles. The first-order valence-electron chi connectivity index (χ1n) is 12.7. The van der Waals surface area contributed by atoms with Gasteiger partial charge in [-0.15, -0.1) is 6.58 Å². The van der Waals surface area contributed by atoms with Crippen molar-refractivity contribution in [1.29, 1.82) is 0 Å². The molecule has 3 saturated heterocycles. The average molecular weight is 631 g/mol. The van der Waals surface area contributed by atoms with Crippen LogP contribution in [0.15, 0.2) is 61.3 Å². The van der Waals surface area contributed by atoms with Crippen LogP contribution < -0.4 is 21.7 Å². The van der Waals surface area contributed by atoms with Crippen molar-refractivity contribution in [3.63, 3.8) is 0 Å². The van der Waals surface area contributed by atoms with E-state index in [9.17, 15) is 31.4 Å². The Balaban J connectivity index is 0.00000370. The van der Waals surface area contributed by atoms with Gasteiger partial charge in [0.25, 0.3) is 0 Å². The summed E-state index contributed by atoms with van der Waals surface area (Å²) in [5.41, 5.74) is -1.47. The van der Waals surface area contributed by atoms with Gasteiger partial charge in [0.05, 0.1) is 36.8 Å². The summed E-state index contributed by atoms with van der Waals surface area (Å²) >= 11 is 0. The molecule has 3 fully saturated rings. The molecule has 1 N–H and O–H groups in total. The van der Waals surface area contributed by atoms with Crippen molar-refractivity contribution in [1.82, 2.24) is 4.98 Å². The standard InChI is InChI=1S/C29H29F6N2O2.BrH/c1-3-18-16-37(15-17-10-20(28(30,31)32)13-21(11-17)29(33,34)35)9-7-19(18)12-26(37)27(38)23-6-8-36-25-5-4-22(39-2)14-24(23)25;/h3-6,8,10-11,13-14,18-19,26-27,38H,1,7,9,12,15-16H2,2H3;1H/q+1;/p-1/t18-,19-,26-,27+,37+;/m0./s1. The molecule has 3 aliphatic heterocycles. The Morgan fingerprint density at radius 1 is 1.07 bits per heavy atom. The number of aliphatic hydroxyl groups excluding tert-OH is 1. The van der Waals surface area contributed by atoms with Crippen molar-refractivity contribution < 1.29 is 57.7 Å². The minimum absolute atomic E-state index is 0. The highest BCUT2D eigenvalue weighted by atomic mass is 79.9. The smallest absolute Gasteiger partial charge is 0.416 e. The summed E-state index contributed by atoms with van der Waals surface area (Å²) in [5.74, 6) is 0.843. The Morgan fingerprint density at radius 2 is 1.75 bits per heavy atom. The second-order valence-electron chi connectivity index (χ2n) is 10.7. The van der Waals surface area contributed by atoms with Crippen molar-refractivity contribution in [3.8, 4) is 5.75 Å². The van der Waals surface area contributed by atoms with E-state index in [0.29, 0.717) is 41.7 Å². The molecule has 3 aromatic rings. The number of aromatic nitrogens is 1. The largest absolute Gasteiger partial charge is 1.00 e. The van der Waals surface area contributed by atoms with Gasteiger partial charge >= 0.3 is 12.4 Å². The van der Waals surface area contributed by atoms with Crippen molar-refractivity contribution in [2.75, 3.05) is 20.2 Å². The maximum Gasteiger partial charge on any atom is 0.416 e. The van der Waals surface area contributed by atoms with E-state index < -0.39 is 35.6 Å². The van der Waals surface area contributed by atoms with Gasteiger partial charge in [0.1, 0.15) is 24.4 Å². The predicted octanol–water partition coefficient (Wildman–Crippen LogP) is 3.93. The van der Waals surface area contributed by atoms with Crippen LogP contribution in [0.2, 0.25) is 0 Å². The third-order valence-corrected chi connectivity index (χ3v) is 8.49. The summed E-state index contributed by atoms with van der Waals surface area (Å²) in [6, 6.07) is 8.34. The SMILES string of the molecule is C=C[C@H]1C[N@+]2(Cc3cc(C(F)(F)F)cc(C(F)(F)F)c3)CC[C@H]1C[C@H]2[C@H](O)c1ccnc2ccc(OC)cc12.[Br-]. The first-order chi connectivity index (χ1) is 18.3. The van der Waals surface area contributed by atoms with E-state index >= 15 is 0 Å². The number of ether oxygens (including phenoxy) is 1. The van der Waals surface area contributed by atoms with E-state index in [2.05, 4.69) is 11.6 Å². The van der Waals surface area contributed by atoms with E-state index in [0.717, 1.165) is 18.6 Å². The van der Waals surface area contributed by atoms with Crippen LogP contribution in [0.25, 0.3) is 10.9 Å². The molecule has 0 unspecified atom stereocenters. The van der Waals surface area contributed by atoms with Gasteiger partial charge in [-0.05, 0) is 53.9 Å². The fraction of sp³-hybridized carbons (Fsp3) is 0.414. The number of benzene rings is 2. The molecule has 1 aromatic heterocycles. The maximum atomic E-state index is 13.6. The first-order valence-corrected chi connectivity index (χ1v) is 12.7. The second kappa shape index (κ2) is 11.0. The lowest BCUT2D eigenvalue weighted by molar-refractivity contribution is -0.984. The summed E-state index contributed by atoms with van der Waals surface area (Å²) in [6.45, 7) is 4.86. The molecular weight excluding hydrogens is 602 g/mol. The van der Waals surface area contributed by atoms with E-state index in [1.54, 1.807) is 30.5 Å². The molecule has 2 bridgehead atoms. The number of fused-ring (bicyclic) bond motifs is 4. The molecule has 2 aromatic carbocycles. The fourth-order valence-corrected chi connectivity index (χ4v) is 6.59. The molecule has 3 aliphatic rings. The van der Waals surface area contributed by atoms with Gasteiger partial charge in [-0.2, -0.15) is 26.3 Å². The Morgan fingerprint density at radius 3 is 2.35 bits per heavy atom. The zero-order chi connectivity index (χ0) is 28.2. The Labute approximate surface area is 238 Å². The van der Waals surface area contributed by atoms with Gasteiger partial charge in [0.15, 0.2) is 0 Å². The lowest BCUT2D eigenvalue weighted by Crippen LogP contribution is -3.00. The van der Waals surface area contributed by atoms with E-state index in [1.165, 1.54) is 7.11 Å². The van der Waals surface area contributed by atoms with Crippen molar-refractivity contribution in [2.24, 2.45) is 11.8 Å². The van der Waals surface area contributed by atoms with Gasteiger partial charge < -0.3 is 31.3 Å². The number of nitrogens with zero attached hydrogens (tertiary/aromatic N) is 2. The lowest BCUT2D eigenvalue weighted by atomic mass is 9.71. The predicted molar refractivity (Wildman–Crippen MR) is 134 cm³/mol. The third kappa shape index (κ3) is 5.60. The van der Waals surface area contributed by atoms with Crippen LogP contribution in [0.1, 0.15) is 41.2 Å². The van der Waals surface area contributed by atoms with Crippen LogP contribution in [0.5, 0.6) is 5.75 Å². The molecular formula is C29H29BrF6N2O2. The fourth-order valence-electron chi connectivity index (χ4n) is 6.59. The number of aliphatic hydroxyl groups is 1. The minimum Gasteiger partial charge on any atom is -1.00 e. The molecule has 6 rings (SSSR count). The Kier molecular flexibility index (Phi) is 8.33. The van der Waals surface area contributed by atoms with Crippen LogP contribution in [-0.4, -0.2) is 40.8 Å². The summed E-state index contributed by atoms with van der Waals surface area (Å²) in [6.07, 6.45) is -6.16. The molecule has 5 atom stereocenters. The highest BCUT2D eigenvalue weighted by Crippen LogP contribution is 2.48. The number of hydrogen-bond acceptors (Lipinski definition) is 3. The summed E-state index contributed by atoms with van der Waals surface area (Å²) in [7, 11) is 1.53. The van der Waals surface area contributed by atoms with Crippen molar-refractivity contribution in [2.45, 2.75) is 43.9 Å². The Bertz CT molecular complexity index is 1360. The first kappa shape index (κ1) is 30.3. The van der Waals surface area contributed by atoms with Crippen molar-refractivity contribution >= 4 is 10.9 Å². The van der Waals surface area contributed by atoms with E-state index in [1.807, 2.05) is 6.08 Å². The number of rotatable bonds is 6.